The largest absolute Gasteiger partial charge is 0.383 e. The van der Waals surface area contributed by atoms with Crippen molar-refractivity contribution in [1.29, 1.82) is 0 Å². The van der Waals surface area contributed by atoms with E-state index in [-0.39, 0.29) is 30.9 Å². The van der Waals surface area contributed by atoms with Crippen molar-refractivity contribution in [3.63, 3.8) is 0 Å². The van der Waals surface area contributed by atoms with E-state index in [1.807, 2.05) is 6.07 Å². The Labute approximate surface area is 89.7 Å². The summed E-state index contributed by atoms with van der Waals surface area (Å²) in [5.41, 5.74) is 13.8. The summed E-state index contributed by atoms with van der Waals surface area (Å²) in [5.74, 6) is 0.649. The molecule has 0 amide bonds. The topological polar surface area (TPSA) is 64.9 Å². The molecular formula is C8H13Cl2N3. The van der Waals surface area contributed by atoms with Crippen LogP contribution in [0.3, 0.4) is 0 Å². The van der Waals surface area contributed by atoms with Crippen LogP contribution in [0, 0.1) is 0 Å². The Kier molecular flexibility index (Phi) is 4.47. The number of hydrogen-bond donors (Lipinski definition) is 2. The maximum absolute atomic E-state index is 5.83. The monoisotopic (exact) mass is 221 g/mol. The first-order valence-electron chi connectivity index (χ1n) is 3.78. The number of halogens is 2. The van der Waals surface area contributed by atoms with Crippen LogP contribution >= 0.6 is 24.8 Å². The highest BCUT2D eigenvalue weighted by Crippen LogP contribution is 2.31. The van der Waals surface area contributed by atoms with E-state index < -0.39 is 0 Å². The number of nitrogen functional groups attached to an aromatic ring is 1. The number of nitrogens with zero attached hydrogens (tertiary/aromatic N) is 1. The van der Waals surface area contributed by atoms with Crippen LogP contribution in [-0.4, -0.2) is 4.98 Å². The summed E-state index contributed by atoms with van der Waals surface area (Å²) in [4.78, 5) is 4.01. The molecule has 0 spiro atoms. The maximum Gasteiger partial charge on any atom is 0.126 e. The Morgan fingerprint density at radius 2 is 2.08 bits per heavy atom. The second-order valence-electron chi connectivity index (χ2n) is 2.91. The van der Waals surface area contributed by atoms with Gasteiger partial charge in [0.1, 0.15) is 5.82 Å². The molecule has 0 unspecified atom stereocenters. The molecule has 2 rings (SSSR count). The molecule has 1 atom stereocenters. The van der Waals surface area contributed by atoms with Crippen LogP contribution in [0.25, 0.3) is 0 Å². The second-order valence-corrected chi connectivity index (χ2v) is 2.91. The van der Waals surface area contributed by atoms with Gasteiger partial charge in [-0.25, -0.2) is 4.98 Å². The molecule has 0 fully saturated rings. The molecule has 0 radical (unpaired) electrons. The summed E-state index contributed by atoms with van der Waals surface area (Å²) in [5, 5.41) is 0. The van der Waals surface area contributed by atoms with Crippen molar-refractivity contribution >= 4 is 30.6 Å². The summed E-state index contributed by atoms with van der Waals surface area (Å²) in [6.07, 6.45) is 3.71. The van der Waals surface area contributed by atoms with Gasteiger partial charge in [-0.1, -0.05) is 0 Å². The van der Waals surface area contributed by atoms with Gasteiger partial charge < -0.3 is 11.5 Å². The molecule has 13 heavy (non-hydrogen) atoms. The van der Waals surface area contributed by atoms with Crippen LogP contribution in [0.5, 0.6) is 0 Å². The van der Waals surface area contributed by atoms with Crippen LogP contribution in [0.1, 0.15) is 23.6 Å². The van der Waals surface area contributed by atoms with E-state index in [0.717, 1.165) is 18.4 Å². The molecule has 0 bridgehead atoms. The van der Waals surface area contributed by atoms with E-state index in [2.05, 4.69) is 4.98 Å². The molecule has 0 aliphatic heterocycles. The fourth-order valence-electron chi connectivity index (χ4n) is 1.60. The average molecular weight is 222 g/mol. The summed E-state index contributed by atoms with van der Waals surface area (Å²) in [7, 11) is 0. The quantitative estimate of drug-likeness (QED) is 0.698. The predicted molar refractivity (Wildman–Crippen MR) is 58.4 cm³/mol. The van der Waals surface area contributed by atoms with Crippen molar-refractivity contribution in [2.75, 3.05) is 5.73 Å². The lowest BCUT2D eigenvalue weighted by Crippen LogP contribution is -2.05. The molecule has 4 N–H and O–H groups in total. The molecule has 1 aromatic rings. The lowest BCUT2D eigenvalue weighted by Gasteiger charge is -2.04. The Morgan fingerprint density at radius 1 is 1.38 bits per heavy atom. The highest BCUT2D eigenvalue weighted by atomic mass is 35.5. The minimum atomic E-state index is 0. The van der Waals surface area contributed by atoms with Crippen LogP contribution in [-0.2, 0) is 6.42 Å². The third kappa shape index (κ3) is 2.05. The van der Waals surface area contributed by atoms with Gasteiger partial charge in [0, 0.05) is 12.2 Å². The Bertz CT molecular complexity index is 291. The SMILES string of the molecule is Cl.Cl.Nc1nccc2c1CC[C@H]2N. The number of fused-ring (bicyclic) bond motifs is 1. The molecule has 5 heteroatoms. The zero-order valence-corrected chi connectivity index (χ0v) is 8.70. The maximum atomic E-state index is 5.83. The zero-order chi connectivity index (χ0) is 7.84. The predicted octanol–water partition coefficient (Wildman–Crippen LogP) is 1.45. The van der Waals surface area contributed by atoms with Crippen molar-refractivity contribution < 1.29 is 0 Å². The fraction of sp³-hybridized carbons (Fsp3) is 0.375. The standard InChI is InChI=1S/C8H11N3.2ClH/c9-7-2-1-6-5(7)3-4-11-8(6)10;;/h3-4,7H,1-2,9H2,(H2,10,11);2*1H/t7-;;/m1../s1. The molecule has 0 aromatic carbocycles. The zero-order valence-electron chi connectivity index (χ0n) is 7.06. The molecule has 0 saturated carbocycles. The summed E-state index contributed by atoms with van der Waals surface area (Å²) < 4.78 is 0. The van der Waals surface area contributed by atoms with Crippen LogP contribution in [0.2, 0.25) is 0 Å². The normalized spacial score (nSPS) is 18.4. The van der Waals surface area contributed by atoms with E-state index in [0.29, 0.717) is 5.82 Å². The number of aromatic nitrogens is 1. The van der Waals surface area contributed by atoms with Crippen molar-refractivity contribution in [1.82, 2.24) is 4.98 Å². The first-order chi connectivity index (χ1) is 5.29. The van der Waals surface area contributed by atoms with Crippen molar-refractivity contribution in [3.8, 4) is 0 Å². The molecule has 74 valence electrons. The van der Waals surface area contributed by atoms with Crippen LogP contribution in [0.15, 0.2) is 12.3 Å². The van der Waals surface area contributed by atoms with Gasteiger partial charge >= 0.3 is 0 Å². The Hall–Kier alpha value is -0.510. The molecule has 1 aliphatic carbocycles. The van der Waals surface area contributed by atoms with Crippen molar-refractivity contribution in [3.05, 3.63) is 23.4 Å². The highest BCUT2D eigenvalue weighted by Gasteiger charge is 2.20. The summed E-state index contributed by atoms with van der Waals surface area (Å²) in [6, 6.07) is 2.14. The molecule has 1 heterocycles. The summed E-state index contributed by atoms with van der Waals surface area (Å²) in [6.45, 7) is 0. The number of pyridine rings is 1. The van der Waals surface area contributed by atoms with Crippen LogP contribution < -0.4 is 11.5 Å². The van der Waals surface area contributed by atoms with Gasteiger partial charge in [0.05, 0.1) is 0 Å². The highest BCUT2D eigenvalue weighted by molar-refractivity contribution is 5.85. The van der Waals surface area contributed by atoms with Gasteiger partial charge in [-0.05, 0) is 30.0 Å². The summed E-state index contributed by atoms with van der Waals surface area (Å²) >= 11 is 0. The molecule has 0 saturated heterocycles. The van der Waals surface area contributed by atoms with E-state index in [4.69, 9.17) is 11.5 Å². The minimum Gasteiger partial charge on any atom is -0.383 e. The lowest BCUT2D eigenvalue weighted by molar-refractivity contribution is 0.713. The Balaban J connectivity index is 0.000000720. The minimum absolute atomic E-state index is 0. The average Bonchev–Trinajstić information content (AvgIpc) is 2.35. The van der Waals surface area contributed by atoms with E-state index in [1.165, 1.54) is 5.56 Å². The number of nitrogens with two attached hydrogens (primary N) is 2. The van der Waals surface area contributed by atoms with Gasteiger partial charge in [-0.3, -0.25) is 0 Å². The second kappa shape index (κ2) is 4.65. The van der Waals surface area contributed by atoms with Gasteiger partial charge in [0.15, 0.2) is 0 Å². The van der Waals surface area contributed by atoms with E-state index >= 15 is 0 Å². The third-order valence-electron chi connectivity index (χ3n) is 2.23. The molecule has 3 nitrogen and oxygen atoms in total. The smallest absolute Gasteiger partial charge is 0.126 e. The van der Waals surface area contributed by atoms with Gasteiger partial charge in [-0.15, -0.1) is 24.8 Å². The van der Waals surface area contributed by atoms with Gasteiger partial charge in [-0.2, -0.15) is 0 Å². The van der Waals surface area contributed by atoms with Crippen LogP contribution in [0.4, 0.5) is 5.82 Å². The first-order valence-corrected chi connectivity index (χ1v) is 3.78. The molecule has 1 aromatic heterocycles. The van der Waals surface area contributed by atoms with Crippen molar-refractivity contribution in [2.24, 2.45) is 5.73 Å². The number of rotatable bonds is 0. The molecular weight excluding hydrogens is 209 g/mol. The first kappa shape index (κ1) is 12.5. The van der Waals surface area contributed by atoms with Crippen molar-refractivity contribution in [2.45, 2.75) is 18.9 Å². The molecule has 1 aliphatic rings. The fourth-order valence-corrected chi connectivity index (χ4v) is 1.60. The third-order valence-corrected chi connectivity index (χ3v) is 2.23. The van der Waals surface area contributed by atoms with E-state index in [9.17, 15) is 0 Å². The van der Waals surface area contributed by atoms with E-state index in [1.54, 1.807) is 6.20 Å². The number of anilines is 1. The number of hydrogen-bond acceptors (Lipinski definition) is 3. The lowest BCUT2D eigenvalue weighted by atomic mass is 10.1. The van der Waals surface area contributed by atoms with Gasteiger partial charge in [0.25, 0.3) is 0 Å². The van der Waals surface area contributed by atoms with Gasteiger partial charge in [0.2, 0.25) is 0 Å². The Morgan fingerprint density at radius 3 is 2.69 bits per heavy atom.